The molecule has 5 heteroatoms. The van der Waals surface area contributed by atoms with Crippen molar-refractivity contribution in [2.75, 3.05) is 0 Å². The van der Waals surface area contributed by atoms with Crippen LogP contribution >= 0.6 is 27.7 Å². The second kappa shape index (κ2) is 7.74. The number of imide groups is 1. The molecule has 0 saturated carbocycles. The summed E-state index contributed by atoms with van der Waals surface area (Å²) in [4.78, 5) is 27.4. The van der Waals surface area contributed by atoms with E-state index < -0.39 is 0 Å². The molecule has 0 spiro atoms. The average Bonchev–Trinajstić information content (AvgIpc) is 3.02. The summed E-state index contributed by atoms with van der Waals surface area (Å²) in [6.45, 7) is 0.269. The fourth-order valence-corrected chi connectivity index (χ4v) is 4.83. The first-order chi connectivity index (χ1) is 14.6. The van der Waals surface area contributed by atoms with E-state index in [1.807, 2.05) is 54.6 Å². The number of rotatable bonds is 3. The number of fused-ring (bicyclic) bond motifs is 2. The van der Waals surface area contributed by atoms with E-state index in [2.05, 4.69) is 46.3 Å². The lowest BCUT2D eigenvalue weighted by molar-refractivity contribution is -0.123. The topological polar surface area (TPSA) is 37.4 Å². The van der Waals surface area contributed by atoms with Gasteiger partial charge in [-0.3, -0.25) is 14.5 Å². The first-order valence-electron chi connectivity index (χ1n) is 9.50. The van der Waals surface area contributed by atoms with Crippen LogP contribution in [-0.4, -0.2) is 16.0 Å². The average molecular weight is 474 g/mol. The Morgan fingerprint density at radius 1 is 0.833 bits per heavy atom. The molecule has 0 aromatic heterocycles. The lowest BCUT2D eigenvalue weighted by atomic mass is 9.96. The van der Waals surface area contributed by atoms with Crippen molar-refractivity contribution < 1.29 is 9.59 Å². The summed E-state index contributed by atoms with van der Waals surface area (Å²) in [6.07, 6.45) is 1.87. The van der Waals surface area contributed by atoms with Crippen molar-refractivity contribution in [3.63, 3.8) is 0 Å². The fourth-order valence-electron chi connectivity index (χ4n) is 3.74. The third-order valence-corrected chi connectivity index (χ3v) is 6.65. The van der Waals surface area contributed by atoms with E-state index in [1.165, 1.54) is 4.90 Å². The molecule has 1 saturated heterocycles. The Kier molecular flexibility index (Phi) is 4.93. The van der Waals surface area contributed by atoms with Gasteiger partial charge in [-0.1, -0.05) is 76.6 Å². The van der Waals surface area contributed by atoms with Gasteiger partial charge in [0.2, 0.25) is 0 Å². The third-order valence-electron chi connectivity index (χ3n) is 5.22. The second-order valence-electron chi connectivity index (χ2n) is 7.13. The summed E-state index contributed by atoms with van der Waals surface area (Å²) in [5, 5.41) is 4.11. The zero-order valence-electron chi connectivity index (χ0n) is 15.8. The third kappa shape index (κ3) is 3.44. The van der Waals surface area contributed by atoms with Crippen LogP contribution in [0, 0.1) is 0 Å². The highest BCUT2D eigenvalue weighted by atomic mass is 79.9. The molecule has 0 atom stereocenters. The Morgan fingerprint density at radius 3 is 2.07 bits per heavy atom. The minimum absolute atomic E-state index is 0.237. The van der Waals surface area contributed by atoms with Crippen LogP contribution in [0.15, 0.2) is 88.2 Å². The predicted octanol–water partition coefficient (Wildman–Crippen LogP) is 6.99. The van der Waals surface area contributed by atoms with Gasteiger partial charge in [-0.2, -0.15) is 0 Å². The lowest BCUT2D eigenvalue weighted by Crippen LogP contribution is -2.27. The molecule has 3 nitrogen and oxygen atoms in total. The van der Waals surface area contributed by atoms with Crippen LogP contribution < -0.4 is 0 Å². The van der Waals surface area contributed by atoms with Gasteiger partial charge in [0.15, 0.2) is 0 Å². The summed E-state index contributed by atoms with van der Waals surface area (Å²) < 4.78 is 0.961. The molecular formula is C25H16BrNO2S. The maximum atomic E-state index is 13.1. The van der Waals surface area contributed by atoms with Crippen molar-refractivity contribution >= 4 is 66.5 Å². The van der Waals surface area contributed by atoms with Crippen LogP contribution in [-0.2, 0) is 11.3 Å². The fraction of sp³-hybridized carbons (Fsp3) is 0.0400. The molecule has 0 bridgehead atoms. The number of hydrogen-bond donors (Lipinski definition) is 0. The molecule has 1 fully saturated rings. The van der Waals surface area contributed by atoms with E-state index in [0.29, 0.717) is 4.91 Å². The van der Waals surface area contributed by atoms with Crippen molar-refractivity contribution in [2.45, 2.75) is 6.54 Å². The number of halogens is 1. The van der Waals surface area contributed by atoms with Gasteiger partial charge in [-0.15, -0.1) is 0 Å². The minimum atomic E-state index is -0.245. The number of nitrogens with zero attached hydrogens (tertiary/aromatic N) is 1. The standard InChI is InChI=1S/C25H16BrNO2S/c26-19-11-9-16(10-12-19)15-27-24(28)23(30-25(27)29)14-22-20-7-3-1-5-17(20)13-18-6-2-4-8-21(18)22/h1-14H,15H2/b23-14-. The van der Waals surface area contributed by atoms with Gasteiger partial charge in [0.1, 0.15) is 0 Å². The van der Waals surface area contributed by atoms with Gasteiger partial charge < -0.3 is 0 Å². The van der Waals surface area contributed by atoms with Gasteiger partial charge in [0, 0.05) is 4.47 Å². The maximum Gasteiger partial charge on any atom is 0.293 e. The Balaban J connectivity index is 1.58. The van der Waals surface area contributed by atoms with Crippen molar-refractivity contribution in [1.82, 2.24) is 4.90 Å². The quantitative estimate of drug-likeness (QED) is 0.237. The molecule has 30 heavy (non-hydrogen) atoms. The van der Waals surface area contributed by atoms with E-state index >= 15 is 0 Å². The van der Waals surface area contributed by atoms with Crippen LogP contribution in [0.4, 0.5) is 4.79 Å². The van der Waals surface area contributed by atoms with Gasteiger partial charge in [-0.25, -0.2) is 0 Å². The number of hydrogen-bond acceptors (Lipinski definition) is 3. The number of carbonyl (C=O) groups is 2. The summed E-state index contributed by atoms with van der Waals surface area (Å²) in [7, 11) is 0. The molecule has 1 aliphatic heterocycles. The Hall–Kier alpha value is -2.89. The van der Waals surface area contributed by atoms with Crippen LogP contribution in [0.25, 0.3) is 27.6 Å². The van der Waals surface area contributed by atoms with Crippen LogP contribution in [0.2, 0.25) is 0 Å². The van der Waals surface area contributed by atoms with Crippen LogP contribution in [0.1, 0.15) is 11.1 Å². The van der Waals surface area contributed by atoms with E-state index in [4.69, 9.17) is 0 Å². The summed E-state index contributed by atoms with van der Waals surface area (Å²) >= 11 is 4.41. The molecule has 0 aliphatic carbocycles. The molecule has 4 aromatic carbocycles. The van der Waals surface area contributed by atoms with E-state index in [1.54, 1.807) is 0 Å². The van der Waals surface area contributed by atoms with Crippen molar-refractivity contribution in [1.29, 1.82) is 0 Å². The zero-order valence-corrected chi connectivity index (χ0v) is 18.2. The maximum absolute atomic E-state index is 13.1. The van der Waals surface area contributed by atoms with Crippen molar-refractivity contribution in [2.24, 2.45) is 0 Å². The molecule has 0 N–H and O–H groups in total. The van der Waals surface area contributed by atoms with Gasteiger partial charge >= 0.3 is 0 Å². The number of thioether (sulfide) groups is 1. The lowest BCUT2D eigenvalue weighted by Gasteiger charge is -2.12. The molecule has 0 unspecified atom stereocenters. The summed E-state index contributed by atoms with van der Waals surface area (Å²) in [5.74, 6) is -0.245. The van der Waals surface area contributed by atoms with Crippen LogP contribution in [0.5, 0.6) is 0 Å². The first kappa shape index (κ1) is 19.1. The largest absolute Gasteiger partial charge is 0.293 e. The minimum Gasteiger partial charge on any atom is -0.268 e. The highest BCUT2D eigenvalue weighted by molar-refractivity contribution is 9.10. The molecule has 5 rings (SSSR count). The summed E-state index contributed by atoms with van der Waals surface area (Å²) in [5.41, 5.74) is 1.88. The Bertz CT molecular complexity index is 1290. The van der Waals surface area contributed by atoms with Crippen LogP contribution in [0.3, 0.4) is 0 Å². The van der Waals surface area contributed by atoms with E-state index in [9.17, 15) is 9.59 Å². The van der Waals surface area contributed by atoms with E-state index in [-0.39, 0.29) is 17.7 Å². The zero-order chi connectivity index (χ0) is 20.7. The van der Waals surface area contributed by atoms with Gasteiger partial charge in [0.25, 0.3) is 11.1 Å². The number of carbonyl (C=O) groups excluding carboxylic acids is 2. The van der Waals surface area contributed by atoms with E-state index in [0.717, 1.165) is 48.9 Å². The molecule has 146 valence electrons. The number of amides is 2. The summed E-state index contributed by atoms with van der Waals surface area (Å²) in [6, 6.07) is 26.0. The highest BCUT2D eigenvalue weighted by Crippen LogP contribution is 2.37. The molecule has 1 heterocycles. The monoisotopic (exact) mass is 473 g/mol. The normalized spacial score (nSPS) is 15.6. The smallest absolute Gasteiger partial charge is 0.268 e. The molecule has 4 aromatic rings. The Labute approximate surface area is 186 Å². The Morgan fingerprint density at radius 2 is 1.43 bits per heavy atom. The predicted molar refractivity (Wildman–Crippen MR) is 127 cm³/mol. The van der Waals surface area contributed by atoms with Gasteiger partial charge in [0.05, 0.1) is 11.4 Å². The van der Waals surface area contributed by atoms with Crippen molar-refractivity contribution in [3.05, 3.63) is 99.4 Å². The molecule has 2 amide bonds. The molecule has 1 aliphatic rings. The highest BCUT2D eigenvalue weighted by Gasteiger charge is 2.35. The first-order valence-corrected chi connectivity index (χ1v) is 11.1. The molecule has 0 radical (unpaired) electrons. The number of benzene rings is 4. The molecular weight excluding hydrogens is 458 g/mol. The van der Waals surface area contributed by atoms with Crippen molar-refractivity contribution in [3.8, 4) is 0 Å². The van der Waals surface area contributed by atoms with Gasteiger partial charge in [-0.05, 0) is 68.7 Å². The SMILES string of the molecule is O=C1S/C(=C\c2c3ccccc3cc3ccccc23)C(=O)N1Cc1ccc(Br)cc1. The second-order valence-corrected chi connectivity index (χ2v) is 9.04.